The van der Waals surface area contributed by atoms with E-state index in [4.69, 9.17) is 5.84 Å². The number of hydrogen-bond acceptors (Lipinski definition) is 4. The van der Waals surface area contributed by atoms with Crippen LogP contribution in [0.5, 0.6) is 0 Å². The van der Waals surface area contributed by atoms with Crippen LogP contribution in [-0.4, -0.2) is 21.5 Å². The molecule has 2 nitrogen and oxygen atoms in total. The van der Waals surface area contributed by atoms with E-state index >= 15 is 0 Å². The molecule has 19 heavy (non-hydrogen) atoms. The maximum Gasteiger partial charge on any atom is 0.163 e. The molecule has 1 aliphatic rings. The summed E-state index contributed by atoms with van der Waals surface area (Å²) in [6, 6.07) is 3.87. The first-order chi connectivity index (χ1) is 9.04. The third-order valence-corrected chi connectivity index (χ3v) is 6.94. The Morgan fingerprint density at radius 1 is 1.32 bits per heavy atom. The molecule has 1 aromatic carbocycles. The Hall–Kier alpha value is -0.300. The van der Waals surface area contributed by atoms with Gasteiger partial charge in [-0.15, -0.1) is 0 Å². The normalized spacial score (nSPS) is 29.2. The zero-order chi connectivity index (χ0) is 14.0. The van der Waals surface area contributed by atoms with Crippen molar-refractivity contribution in [2.24, 2.45) is 5.84 Å². The van der Waals surface area contributed by atoms with Gasteiger partial charge in [-0.25, -0.2) is 8.78 Å². The first kappa shape index (κ1) is 15.1. The summed E-state index contributed by atoms with van der Waals surface area (Å²) < 4.78 is 27.2. The van der Waals surface area contributed by atoms with Crippen LogP contribution in [0.4, 0.5) is 8.78 Å². The summed E-state index contributed by atoms with van der Waals surface area (Å²) >= 11 is 3.63. The summed E-state index contributed by atoms with van der Waals surface area (Å²) in [5.41, 5.74) is 2.96. The molecular weight excluding hydrogens is 286 g/mol. The van der Waals surface area contributed by atoms with Crippen LogP contribution in [0.3, 0.4) is 0 Å². The quantitative estimate of drug-likeness (QED) is 0.665. The van der Waals surface area contributed by atoms with E-state index < -0.39 is 11.6 Å². The summed E-state index contributed by atoms with van der Waals surface area (Å²) in [5, 5.41) is 1.17. The molecule has 1 aromatic rings. The van der Waals surface area contributed by atoms with E-state index in [9.17, 15) is 8.78 Å². The van der Waals surface area contributed by atoms with Crippen LogP contribution in [-0.2, 0) is 0 Å². The minimum atomic E-state index is -0.826. The van der Waals surface area contributed by atoms with Gasteiger partial charge in [0.1, 0.15) is 0 Å². The van der Waals surface area contributed by atoms with Crippen molar-refractivity contribution in [2.75, 3.05) is 5.75 Å². The molecule has 6 heteroatoms. The van der Waals surface area contributed by atoms with Crippen molar-refractivity contribution in [3.8, 4) is 0 Å². The van der Waals surface area contributed by atoms with Crippen LogP contribution < -0.4 is 11.3 Å². The molecule has 0 amide bonds. The summed E-state index contributed by atoms with van der Waals surface area (Å²) in [7, 11) is 0. The van der Waals surface area contributed by atoms with Gasteiger partial charge < -0.3 is 0 Å². The third-order valence-electron chi connectivity index (χ3n) is 3.44. The standard InChI is InChI=1S/C13H18F2N2S2/c1-7-8(2)19-11(6-18-7)13(17-16)9-4-3-5-10(14)12(9)15/h3-5,7-8,11,13,17H,6,16H2,1-2H3. The summed E-state index contributed by atoms with van der Waals surface area (Å²) in [6.07, 6.45) is 0. The van der Waals surface area contributed by atoms with Crippen LogP contribution in [0.15, 0.2) is 18.2 Å². The second-order valence-electron chi connectivity index (χ2n) is 4.71. The van der Waals surface area contributed by atoms with Gasteiger partial charge in [-0.3, -0.25) is 11.3 Å². The van der Waals surface area contributed by atoms with Crippen LogP contribution >= 0.6 is 23.5 Å². The number of nitrogens with one attached hydrogen (secondary N) is 1. The van der Waals surface area contributed by atoms with Gasteiger partial charge in [0.05, 0.1) is 6.04 Å². The van der Waals surface area contributed by atoms with Gasteiger partial charge in [-0.05, 0) is 6.07 Å². The molecule has 1 heterocycles. The Kier molecular flexibility index (Phi) is 5.11. The topological polar surface area (TPSA) is 38.0 Å². The van der Waals surface area contributed by atoms with Gasteiger partial charge >= 0.3 is 0 Å². The third kappa shape index (κ3) is 3.24. The van der Waals surface area contributed by atoms with Crippen molar-refractivity contribution in [2.45, 2.75) is 35.6 Å². The van der Waals surface area contributed by atoms with Gasteiger partial charge in [0.15, 0.2) is 11.6 Å². The summed E-state index contributed by atoms with van der Waals surface area (Å²) in [6.45, 7) is 4.34. The number of benzene rings is 1. The molecule has 3 N–H and O–H groups in total. The molecule has 0 radical (unpaired) electrons. The molecule has 4 atom stereocenters. The van der Waals surface area contributed by atoms with Gasteiger partial charge in [-0.2, -0.15) is 23.5 Å². The molecule has 1 saturated heterocycles. The van der Waals surface area contributed by atoms with E-state index in [1.165, 1.54) is 6.07 Å². The Bertz CT molecular complexity index is 445. The molecule has 1 fully saturated rings. The fraction of sp³-hybridized carbons (Fsp3) is 0.538. The minimum Gasteiger partial charge on any atom is -0.271 e. The van der Waals surface area contributed by atoms with Crippen molar-refractivity contribution in [1.29, 1.82) is 0 Å². The second kappa shape index (κ2) is 6.43. The highest BCUT2D eigenvalue weighted by Crippen LogP contribution is 2.41. The van der Waals surface area contributed by atoms with Crippen LogP contribution in [0, 0.1) is 11.6 Å². The molecule has 4 unspecified atom stereocenters. The van der Waals surface area contributed by atoms with E-state index in [1.807, 2.05) is 11.8 Å². The summed E-state index contributed by atoms with van der Waals surface area (Å²) in [4.78, 5) is 0. The highest BCUT2D eigenvalue weighted by Gasteiger charge is 2.33. The largest absolute Gasteiger partial charge is 0.271 e. The van der Waals surface area contributed by atoms with Crippen molar-refractivity contribution >= 4 is 23.5 Å². The monoisotopic (exact) mass is 304 g/mol. The average molecular weight is 304 g/mol. The van der Waals surface area contributed by atoms with Crippen LogP contribution in [0.25, 0.3) is 0 Å². The number of rotatable bonds is 3. The molecule has 0 bridgehead atoms. The van der Waals surface area contributed by atoms with Gasteiger partial charge in [0, 0.05) is 27.1 Å². The highest BCUT2D eigenvalue weighted by atomic mass is 32.2. The molecule has 0 aromatic heterocycles. The smallest absolute Gasteiger partial charge is 0.163 e. The molecule has 0 saturated carbocycles. The lowest BCUT2D eigenvalue weighted by molar-refractivity contribution is 0.464. The first-order valence-corrected chi connectivity index (χ1v) is 8.20. The van der Waals surface area contributed by atoms with Crippen molar-refractivity contribution in [1.82, 2.24) is 5.43 Å². The lowest BCUT2D eigenvalue weighted by atomic mass is 10.0. The van der Waals surface area contributed by atoms with Gasteiger partial charge in [-0.1, -0.05) is 26.0 Å². The average Bonchev–Trinajstić information content (AvgIpc) is 2.39. The van der Waals surface area contributed by atoms with Crippen molar-refractivity contribution < 1.29 is 8.78 Å². The fourth-order valence-corrected chi connectivity index (χ4v) is 5.23. The lowest BCUT2D eigenvalue weighted by Crippen LogP contribution is -2.40. The van der Waals surface area contributed by atoms with E-state index in [2.05, 4.69) is 19.3 Å². The molecule has 1 aliphatic heterocycles. The highest BCUT2D eigenvalue weighted by molar-refractivity contribution is 8.07. The second-order valence-corrected chi connectivity index (χ2v) is 7.74. The Morgan fingerprint density at radius 2 is 2.05 bits per heavy atom. The molecular formula is C13H18F2N2S2. The predicted octanol–water partition coefficient (Wildman–Crippen LogP) is 3.09. The maximum absolute atomic E-state index is 13.9. The van der Waals surface area contributed by atoms with Crippen LogP contribution in [0.2, 0.25) is 0 Å². The lowest BCUT2D eigenvalue weighted by Gasteiger charge is -2.35. The SMILES string of the molecule is CC1SCC(C(NN)c2cccc(F)c2F)SC1C. The van der Waals surface area contributed by atoms with Crippen LogP contribution in [0.1, 0.15) is 25.5 Å². The molecule has 106 valence electrons. The Labute approximate surface area is 120 Å². The number of hydrogen-bond donors (Lipinski definition) is 2. The minimum absolute atomic E-state index is 0.137. The van der Waals surface area contributed by atoms with E-state index in [-0.39, 0.29) is 11.3 Å². The van der Waals surface area contributed by atoms with E-state index in [0.29, 0.717) is 16.1 Å². The zero-order valence-corrected chi connectivity index (χ0v) is 12.5. The number of halogens is 2. The Morgan fingerprint density at radius 3 is 2.68 bits per heavy atom. The Balaban J connectivity index is 2.22. The molecule has 0 spiro atoms. The maximum atomic E-state index is 13.9. The van der Waals surface area contributed by atoms with E-state index in [0.717, 1.165) is 11.8 Å². The molecule has 0 aliphatic carbocycles. The summed E-state index contributed by atoms with van der Waals surface area (Å²) in [5.74, 6) is 4.82. The van der Waals surface area contributed by atoms with Crippen molar-refractivity contribution in [3.63, 3.8) is 0 Å². The predicted molar refractivity (Wildman–Crippen MR) is 79.2 cm³/mol. The number of thioether (sulfide) groups is 2. The number of hydrazine groups is 1. The van der Waals surface area contributed by atoms with Crippen molar-refractivity contribution in [3.05, 3.63) is 35.4 Å². The van der Waals surface area contributed by atoms with Gasteiger partial charge in [0.2, 0.25) is 0 Å². The zero-order valence-electron chi connectivity index (χ0n) is 10.9. The van der Waals surface area contributed by atoms with E-state index in [1.54, 1.807) is 17.8 Å². The molecule has 2 rings (SSSR count). The first-order valence-electron chi connectivity index (χ1n) is 6.21. The van der Waals surface area contributed by atoms with Gasteiger partial charge in [0.25, 0.3) is 0 Å². The number of nitrogens with two attached hydrogens (primary N) is 1. The fourth-order valence-electron chi connectivity index (χ4n) is 2.14.